The lowest BCUT2D eigenvalue weighted by Crippen LogP contribution is -2.06. The molecule has 0 bridgehead atoms. The number of nitrogens with zero attached hydrogens (tertiary/aromatic N) is 2. The Morgan fingerprint density at radius 1 is 1.25 bits per heavy atom. The molecule has 2 rings (SSSR count). The first-order valence-electron chi connectivity index (χ1n) is 6.71. The molecule has 0 radical (unpaired) electrons. The van der Waals surface area contributed by atoms with Crippen LogP contribution in [0.15, 0.2) is 24.4 Å². The van der Waals surface area contributed by atoms with Crippen molar-refractivity contribution in [3.8, 4) is 0 Å². The van der Waals surface area contributed by atoms with Gasteiger partial charge in [-0.05, 0) is 31.9 Å². The molecule has 0 saturated carbocycles. The molecule has 0 saturated heterocycles. The van der Waals surface area contributed by atoms with Crippen LogP contribution in [0.3, 0.4) is 0 Å². The highest BCUT2D eigenvalue weighted by atomic mass is 35.5. The van der Waals surface area contributed by atoms with Crippen LogP contribution in [0.2, 0.25) is 5.02 Å². The summed E-state index contributed by atoms with van der Waals surface area (Å²) in [6.07, 6.45) is 2.63. The van der Waals surface area contributed by atoms with Crippen LogP contribution in [0, 0.1) is 13.8 Å². The van der Waals surface area contributed by atoms with Crippen molar-refractivity contribution >= 4 is 29.1 Å². The highest BCUT2D eigenvalue weighted by molar-refractivity contribution is 6.32. The van der Waals surface area contributed by atoms with Crippen LogP contribution < -0.4 is 10.6 Å². The van der Waals surface area contributed by atoms with Gasteiger partial charge in [0.15, 0.2) is 5.82 Å². The smallest absolute Gasteiger partial charge is 0.224 e. The van der Waals surface area contributed by atoms with Gasteiger partial charge in [0.2, 0.25) is 5.95 Å². The van der Waals surface area contributed by atoms with Crippen molar-refractivity contribution < 1.29 is 0 Å². The zero-order valence-corrected chi connectivity index (χ0v) is 12.8. The fourth-order valence-electron chi connectivity index (χ4n) is 1.86. The average molecular weight is 291 g/mol. The molecule has 1 aromatic carbocycles. The lowest BCUT2D eigenvalue weighted by Gasteiger charge is -2.12. The normalized spacial score (nSPS) is 10.4. The van der Waals surface area contributed by atoms with Gasteiger partial charge < -0.3 is 10.6 Å². The summed E-state index contributed by atoms with van der Waals surface area (Å²) in [7, 11) is 0. The number of benzene rings is 1. The Kier molecular flexibility index (Phi) is 4.79. The van der Waals surface area contributed by atoms with Gasteiger partial charge in [-0.2, -0.15) is 4.98 Å². The third-order valence-corrected chi connectivity index (χ3v) is 3.19. The van der Waals surface area contributed by atoms with Crippen LogP contribution in [0.5, 0.6) is 0 Å². The summed E-state index contributed by atoms with van der Waals surface area (Å²) < 4.78 is 0. The molecule has 2 N–H and O–H groups in total. The van der Waals surface area contributed by atoms with E-state index in [9.17, 15) is 0 Å². The van der Waals surface area contributed by atoms with Gasteiger partial charge in [0.1, 0.15) is 5.02 Å². The van der Waals surface area contributed by atoms with Crippen LogP contribution in [-0.4, -0.2) is 16.5 Å². The predicted molar refractivity (Wildman–Crippen MR) is 85.0 cm³/mol. The summed E-state index contributed by atoms with van der Waals surface area (Å²) in [4.78, 5) is 8.56. The van der Waals surface area contributed by atoms with Crippen LogP contribution >= 0.6 is 11.6 Å². The number of hydrogen-bond acceptors (Lipinski definition) is 4. The van der Waals surface area contributed by atoms with E-state index < -0.39 is 0 Å². The number of aromatic nitrogens is 2. The van der Waals surface area contributed by atoms with Gasteiger partial charge in [0.25, 0.3) is 0 Å². The Bertz CT molecular complexity index is 598. The molecule has 0 aliphatic carbocycles. The van der Waals surface area contributed by atoms with E-state index in [0.29, 0.717) is 16.8 Å². The number of nitrogens with one attached hydrogen (secondary N) is 2. The van der Waals surface area contributed by atoms with Gasteiger partial charge in [-0.15, -0.1) is 0 Å². The molecule has 0 fully saturated rings. The minimum Gasteiger partial charge on any atom is -0.354 e. The maximum atomic E-state index is 6.15. The molecule has 1 aromatic heterocycles. The molecule has 20 heavy (non-hydrogen) atoms. The predicted octanol–water partition coefficient (Wildman–Crippen LogP) is 4.31. The molecular weight excluding hydrogens is 272 g/mol. The molecule has 0 spiro atoms. The number of halogens is 1. The van der Waals surface area contributed by atoms with E-state index in [0.717, 1.165) is 24.2 Å². The van der Waals surface area contributed by atoms with Crippen LogP contribution in [-0.2, 0) is 0 Å². The number of anilines is 3. The van der Waals surface area contributed by atoms with Gasteiger partial charge in [0, 0.05) is 12.2 Å². The third-order valence-electron chi connectivity index (χ3n) is 2.91. The van der Waals surface area contributed by atoms with Crippen molar-refractivity contribution in [1.29, 1.82) is 0 Å². The molecule has 5 heteroatoms. The quantitative estimate of drug-likeness (QED) is 0.861. The maximum Gasteiger partial charge on any atom is 0.224 e. The fourth-order valence-corrected chi connectivity index (χ4v) is 2.00. The molecule has 106 valence electrons. The molecular formula is C15H19ClN4. The van der Waals surface area contributed by atoms with E-state index in [1.807, 2.05) is 6.07 Å². The highest BCUT2D eigenvalue weighted by Crippen LogP contribution is 2.26. The zero-order chi connectivity index (χ0) is 14.5. The number of aryl methyl sites for hydroxylation is 2. The first-order chi connectivity index (χ1) is 9.60. The Hall–Kier alpha value is -1.81. The zero-order valence-electron chi connectivity index (χ0n) is 12.0. The standard InChI is InChI=1S/C15H19ClN4/c1-4-7-17-15-18-9-12(16)14(20-15)19-13-6-5-10(2)8-11(13)3/h5-6,8-9H,4,7H2,1-3H3,(H2,17,18,19,20). The summed E-state index contributed by atoms with van der Waals surface area (Å²) in [5.74, 6) is 1.20. The minimum absolute atomic E-state index is 0.507. The maximum absolute atomic E-state index is 6.15. The molecule has 1 heterocycles. The van der Waals surface area contributed by atoms with Gasteiger partial charge in [0.05, 0.1) is 6.20 Å². The molecule has 4 nitrogen and oxygen atoms in total. The lowest BCUT2D eigenvalue weighted by atomic mass is 10.1. The fraction of sp³-hybridized carbons (Fsp3) is 0.333. The topological polar surface area (TPSA) is 49.8 Å². The van der Waals surface area contributed by atoms with E-state index in [-0.39, 0.29) is 0 Å². The summed E-state index contributed by atoms with van der Waals surface area (Å²) in [6, 6.07) is 6.20. The summed E-state index contributed by atoms with van der Waals surface area (Å²) in [6.45, 7) is 7.06. The van der Waals surface area contributed by atoms with Crippen molar-refractivity contribution in [3.63, 3.8) is 0 Å². The summed E-state index contributed by atoms with van der Waals surface area (Å²) in [5.41, 5.74) is 3.38. The van der Waals surface area contributed by atoms with Crippen molar-refractivity contribution in [2.45, 2.75) is 27.2 Å². The average Bonchev–Trinajstić information content (AvgIpc) is 2.42. The first-order valence-corrected chi connectivity index (χ1v) is 7.08. The Labute approximate surface area is 124 Å². The van der Waals surface area contributed by atoms with Crippen LogP contribution in [0.4, 0.5) is 17.5 Å². The van der Waals surface area contributed by atoms with Crippen molar-refractivity contribution in [3.05, 3.63) is 40.5 Å². The second-order valence-corrected chi connectivity index (χ2v) is 5.17. The SMILES string of the molecule is CCCNc1ncc(Cl)c(Nc2ccc(C)cc2C)n1. The molecule has 2 aromatic rings. The second-order valence-electron chi connectivity index (χ2n) is 4.76. The van der Waals surface area contributed by atoms with Gasteiger partial charge >= 0.3 is 0 Å². The Morgan fingerprint density at radius 2 is 2.05 bits per heavy atom. The first kappa shape index (κ1) is 14.6. The number of rotatable bonds is 5. The van der Waals surface area contributed by atoms with Gasteiger partial charge in [-0.3, -0.25) is 0 Å². The highest BCUT2D eigenvalue weighted by Gasteiger charge is 2.07. The monoisotopic (exact) mass is 290 g/mol. The van der Waals surface area contributed by atoms with Gasteiger partial charge in [-0.1, -0.05) is 36.2 Å². The van der Waals surface area contributed by atoms with E-state index in [1.165, 1.54) is 5.56 Å². The van der Waals surface area contributed by atoms with Crippen molar-refractivity contribution in [1.82, 2.24) is 9.97 Å². The third kappa shape index (κ3) is 3.61. The van der Waals surface area contributed by atoms with Gasteiger partial charge in [-0.25, -0.2) is 4.98 Å². The Morgan fingerprint density at radius 3 is 2.75 bits per heavy atom. The molecule has 0 aliphatic rings. The minimum atomic E-state index is 0.507. The summed E-state index contributed by atoms with van der Waals surface area (Å²) in [5, 5.41) is 6.92. The van der Waals surface area contributed by atoms with Crippen LogP contribution in [0.25, 0.3) is 0 Å². The number of hydrogen-bond donors (Lipinski definition) is 2. The summed E-state index contributed by atoms with van der Waals surface area (Å²) >= 11 is 6.15. The molecule has 0 unspecified atom stereocenters. The molecule has 0 atom stereocenters. The van der Waals surface area contributed by atoms with E-state index in [4.69, 9.17) is 11.6 Å². The van der Waals surface area contributed by atoms with E-state index in [1.54, 1.807) is 6.20 Å². The van der Waals surface area contributed by atoms with Crippen molar-refractivity contribution in [2.75, 3.05) is 17.2 Å². The molecule has 0 amide bonds. The second kappa shape index (κ2) is 6.57. The van der Waals surface area contributed by atoms with E-state index >= 15 is 0 Å². The van der Waals surface area contributed by atoms with Crippen molar-refractivity contribution in [2.24, 2.45) is 0 Å². The Balaban J connectivity index is 2.23. The van der Waals surface area contributed by atoms with Crippen LogP contribution in [0.1, 0.15) is 24.5 Å². The molecule has 0 aliphatic heterocycles. The lowest BCUT2D eigenvalue weighted by molar-refractivity contribution is 0.953. The van der Waals surface area contributed by atoms with E-state index in [2.05, 4.69) is 53.5 Å². The largest absolute Gasteiger partial charge is 0.354 e.